The van der Waals surface area contributed by atoms with E-state index in [-0.39, 0.29) is 11.9 Å². The maximum atomic E-state index is 13.4. The molecule has 3 N–H and O–H groups in total. The van der Waals surface area contributed by atoms with Crippen LogP contribution in [-0.4, -0.2) is 0 Å². The molecule has 1 aromatic heterocycles. The van der Waals surface area contributed by atoms with E-state index in [1.165, 1.54) is 17.0 Å². The molecule has 2 nitrogen and oxygen atoms in total. The second kappa shape index (κ2) is 4.96. The summed E-state index contributed by atoms with van der Waals surface area (Å²) in [6, 6.07) is 6.88. The quantitative estimate of drug-likeness (QED) is 0.649. The molecule has 0 aliphatic carbocycles. The summed E-state index contributed by atoms with van der Waals surface area (Å²) in [5.74, 6) is 5.35. The molecule has 1 unspecified atom stereocenters. The van der Waals surface area contributed by atoms with Crippen LogP contribution in [0.5, 0.6) is 0 Å². The number of hydrogen-bond donors (Lipinski definition) is 2. The standard InChI is InChI=1S/C13H15FN2S/c1-8-3-10(6-12(14)4-8)13(16-15)11-5-9(2)17-7-11/h3-7,13,16H,15H2,1-2H3. The molecule has 1 aromatic carbocycles. The Hall–Kier alpha value is -1.23. The van der Waals surface area contributed by atoms with Crippen molar-refractivity contribution in [3.8, 4) is 0 Å². The van der Waals surface area contributed by atoms with Crippen LogP contribution >= 0.6 is 11.3 Å². The summed E-state index contributed by atoms with van der Waals surface area (Å²) in [6.07, 6.45) is 0. The van der Waals surface area contributed by atoms with Gasteiger partial charge in [-0.25, -0.2) is 9.82 Å². The average molecular weight is 250 g/mol. The third kappa shape index (κ3) is 2.72. The minimum atomic E-state index is -0.229. The molecular formula is C13H15FN2S. The minimum absolute atomic E-state index is 0.158. The molecule has 90 valence electrons. The number of nitrogens with two attached hydrogens (primary N) is 1. The largest absolute Gasteiger partial charge is 0.271 e. The third-order valence-electron chi connectivity index (χ3n) is 2.65. The lowest BCUT2D eigenvalue weighted by Crippen LogP contribution is -2.28. The Labute approximate surface area is 104 Å². The van der Waals surface area contributed by atoms with Gasteiger partial charge in [-0.1, -0.05) is 6.07 Å². The van der Waals surface area contributed by atoms with Crippen molar-refractivity contribution < 1.29 is 4.39 Å². The zero-order valence-corrected chi connectivity index (χ0v) is 10.6. The number of aryl methyl sites for hydroxylation is 2. The predicted octanol–water partition coefficient (Wildman–Crippen LogP) is 3.06. The van der Waals surface area contributed by atoms with Crippen LogP contribution in [0.15, 0.2) is 29.6 Å². The number of hydrazine groups is 1. The van der Waals surface area contributed by atoms with Gasteiger partial charge in [-0.05, 0) is 54.1 Å². The van der Waals surface area contributed by atoms with Gasteiger partial charge < -0.3 is 0 Å². The van der Waals surface area contributed by atoms with Crippen molar-refractivity contribution in [3.63, 3.8) is 0 Å². The van der Waals surface area contributed by atoms with Gasteiger partial charge >= 0.3 is 0 Å². The Morgan fingerprint density at radius 2 is 1.94 bits per heavy atom. The summed E-state index contributed by atoms with van der Waals surface area (Å²) < 4.78 is 13.4. The molecule has 0 aliphatic heterocycles. The zero-order valence-electron chi connectivity index (χ0n) is 9.83. The van der Waals surface area contributed by atoms with Crippen molar-refractivity contribution in [1.82, 2.24) is 5.43 Å². The molecule has 0 fully saturated rings. The zero-order chi connectivity index (χ0) is 12.4. The number of benzene rings is 1. The first-order chi connectivity index (χ1) is 8.10. The van der Waals surface area contributed by atoms with Gasteiger partial charge in [0, 0.05) is 4.88 Å². The Bertz CT molecular complexity index is 502. The number of halogens is 1. The van der Waals surface area contributed by atoms with E-state index in [2.05, 4.69) is 11.5 Å². The van der Waals surface area contributed by atoms with Crippen LogP contribution in [0.4, 0.5) is 4.39 Å². The Morgan fingerprint density at radius 3 is 2.47 bits per heavy atom. The summed E-state index contributed by atoms with van der Waals surface area (Å²) in [7, 11) is 0. The summed E-state index contributed by atoms with van der Waals surface area (Å²) in [6.45, 7) is 3.91. The van der Waals surface area contributed by atoms with E-state index in [0.717, 1.165) is 16.7 Å². The van der Waals surface area contributed by atoms with Crippen molar-refractivity contribution in [1.29, 1.82) is 0 Å². The molecule has 0 saturated heterocycles. The van der Waals surface area contributed by atoms with Crippen LogP contribution in [0.3, 0.4) is 0 Å². The maximum Gasteiger partial charge on any atom is 0.123 e. The second-order valence-corrected chi connectivity index (χ2v) is 5.27. The summed E-state index contributed by atoms with van der Waals surface area (Å²) in [4.78, 5) is 1.22. The van der Waals surface area contributed by atoms with Crippen molar-refractivity contribution in [3.05, 3.63) is 57.0 Å². The smallest absolute Gasteiger partial charge is 0.123 e. The maximum absolute atomic E-state index is 13.4. The lowest BCUT2D eigenvalue weighted by molar-refractivity contribution is 0.604. The number of nitrogens with one attached hydrogen (secondary N) is 1. The van der Waals surface area contributed by atoms with Crippen LogP contribution in [0, 0.1) is 19.7 Å². The fourth-order valence-electron chi connectivity index (χ4n) is 1.93. The Morgan fingerprint density at radius 1 is 1.18 bits per heavy atom. The normalized spacial score (nSPS) is 12.7. The van der Waals surface area contributed by atoms with E-state index in [1.807, 2.05) is 25.3 Å². The average Bonchev–Trinajstić information content (AvgIpc) is 2.64. The van der Waals surface area contributed by atoms with Gasteiger partial charge in [-0.3, -0.25) is 5.84 Å². The molecule has 17 heavy (non-hydrogen) atoms. The van der Waals surface area contributed by atoms with E-state index in [0.29, 0.717) is 0 Å². The highest BCUT2D eigenvalue weighted by atomic mass is 32.1. The first-order valence-corrected chi connectivity index (χ1v) is 6.26. The second-order valence-electron chi connectivity index (χ2n) is 4.15. The number of hydrogen-bond acceptors (Lipinski definition) is 3. The molecule has 1 heterocycles. The Balaban J connectivity index is 2.41. The van der Waals surface area contributed by atoms with Gasteiger partial charge in [0.2, 0.25) is 0 Å². The van der Waals surface area contributed by atoms with E-state index in [1.54, 1.807) is 11.3 Å². The van der Waals surface area contributed by atoms with E-state index < -0.39 is 0 Å². The van der Waals surface area contributed by atoms with Crippen molar-refractivity contribution in [2.75, 3.05) is 0 Å². The topological polar surface area (TPSA) is 38.0 Å². The Kier molecular flexibility index (Phi) is 3.57. The number of thiophene rings is 1. The van der Waals surface area contributed by atoms with Crippen molar-refractivity contribution in [2.45, 2.75) is 19.9 Å². The molecule has 2 rings (SSSR count). The van der Waals surface area contributed by atoms with Crippen LogP contribution in [-0.2, 0) is 0 Å². The summed E-state index contributed by atoms with van der Waals surface area (Å²) >= 11 is 1.66. The highest BCUT2D eigenvalue weighted by Gasteiger charge is 2.14. The molecule has 1 atom stereocenters. The molecule has 2 aromatic rings. The van der Waals surface area contributed by atoms with Gasteiger partial charge in [0.15, 0.2) is 0 Å². The lowest BCUT2D eigenvalue weighted by atomic mass is 10.00. The van der Waals surface area contributed by atoms with Crippen molar-refractivity contribution >= 4 is 11.3 Å². The van der Waals surface area contributed by atoms with E-state index in [9.17, 15) is 4.39 Å². The monoisotopic (exact) mass is 250 g/mol. The first-order valence-electron chi connectivity index (χ1n) is 5.38. The third-order valence-corrected chi connectivity index (χ3v) is 3.53. The molecule has 4 heteroatoms. The highest BCUT2D eigenvalue weighted by molar-refractivity contribution is 7.10. The molecular weight excluding hydrogens is 235 g/mol. The minimum Gasteiger partial charge on any atom is -0.271 e. The van der Waals surface area contributed by atoms with Crippen molar-refractivity contribution in [2.24, 2.45) is 5.84 Å². The molecule has 0 spiro atoms. The highest BCUT2D eigenvalue weighted by Crippen LogP contribution is 2.26. The fourth-order valence-corrected chi connectivity index (χ4v) is 2.66. The van der Waals surface area contributed by atoms with Gasteiger partial charge in [0.05, 0.1) is 6.04 Å². The first kappa shape index (κ1) is 12.2. The van der Waals surface area contributed by atoms with Gasteiger partial charge in [-0.15, -0.1) is 11.3 Å². The summed E-state index contributed by atoms with van der Waals surface area (Å²) in [5.41, 5.74) is 5.56. The van der Waals surface area contributed by atoms with Crippen LogP contribution in [0.25, 0.3) is 0 Å². The molecule has 0 saturated carbocycles. The van der Waals surface area contributed by atoms with E-state index in [4.69, 9.17) is 5.84 Å². The van der Waals surface area contributed by atoms with Crippen LogP contribution in [0.2, 0.25) is 0 Å². The van der Waals surface area contributed by atoms with Gasteiger partial charge in [-0.2, -0.15) is 0 Å². The number of rotatable bonds is 3. The van der Waals surface area contributed by atoms with Gasteiger partial charge in [0.25, 0.3) is 0 Å². The summed E-state index contributed by atoms with van der Waals surface area (Å²) in [5, 5.41) is 2.04. The molecule has 0 amide bonds. The van der Waals surface area contributed by atoms with E-state index >= 15 is 0 Å². The molecule has 0 aliphatic rings. The van der Waals surface area contributed by atoms with Crippen LogP contribution < -0.4 is 11.3 Å². The SMILES string of the molecule is Cc1cc(F)cc(C(NN)c2csc(C)c2)c1. The lowest BCUT2D eigenvalue weighted by Gasteiger charge is -2.16. The fraction of sp³-hybridized carbons (Fsp3) is 0.231. The predicted molar refractivity (Wildman–Crippen MR) is 69.4 cm³/mol. The van der Waals surface area contributed by atoms with Gasteiger partial charge in [0.1, 0.15) is 5.82 Å². The molecule has 0 bridgehead atoms. The van der Waals surface area contributed by atoms with Crippen LogP contribution in [0.1, 0.15) is 27.6 Å². The molecule has 0 radical (unpaired) electrons.